The zero-order valence-electron chi connectivity index (χ0n) is 21.6. The van der Waals surface area contributed by atoms with Crippen LogP contribution in [0, 0.1) is 5.82 Å². The second kappa shape index (κ2) is 12.2. The first-order chi connectivity index (χ1) is 18.2. The topological polar surface area (TPSA) is 86.8 Å². The molecule has 2 N–H and O–H groups in total. The summed E-state index contributed by atoms with van der Waals surface area (Å²) >= 11 is 5.85. The molecule has 1 aliphatic heterocycles. The monoisotopic (exact) mass is 539 g/mol. The number of amides is 2. The molecule has 1 aromatic heterocycles. The number of likely N-dealkylation sites (N-methyl/N-ethyl adjacent to an activating group) is 1. The van der Waals surface area contributed by atoms with Gasteiger partial charge in [0.15, 0.2) is 0 Å². The van der Waals surface area contributed by atoms with Crippen LogP contribution in [0.1, 0.15) is 41.0 Å². The molecule has 8 nitrogen and oxygen atoms in total. The summed E-state index contributed by atoms with van der Waals surface area (Å²) in [5.74, 6) is -1.05. The summed E-state index contributed by atoms with van der Waals surface area (Å²) in [6, 6.07) is 12.2. The Morgan fingerprint density at radius 3 is 2.50 bits per heavy atom. The van der Waals surface area contributed by atoms with Crippen molar-refractivity contribution in [1.29, 1.82) is 0 Å². The van der Waals surface area contributed by atoms with Crippen LogP contribution in [0.15, 0.2) is 54.7 Å². The number of carbonyl (C=O) groups is 2. The van der Waals surface area contributed by atoms with Crippen LogP contribution >= 0.6 is 11.6 Å². The summed E-state index contributed by atoms with van der Waals surface area (Å²) in [6.45, 7) is 7.55. The van der Waals surface area contributed by atoms with Gasteiger partial charge in [0.2, 0.25) is 0 Å². The molecule has 2 heterocycles. The van der Waals surface area contributed by atoms with Crippen LogP contribution in [-0.2, 0) is 0 Å². The first-order valence-electron chi connectivity index (χ1n) is 12.5. The Morgan fingerprint density at radius 1 is 0.974 bits per heavy atom. The van der Waals surface area contributed by atoms with Gasteiger partial charge in [0.1, 0.15) is 17.4 Å². The van der Waals surface area contributed by atoms with E-state index >= 15 is 0 Å². The average molecular weight is 540 g/mol. The van der Waals surface area contributed by atoms with Gasteiger partial charge in [-0.25, -0.2) is 9.37 Å². The van der Waals surface area contributed by atoms with Crippen molar-refractivity contribution in [1.82, 2.24) is 9.88 Å². The molecular formula is C28H31ClFN5O3. The zero-order valence-corrected chi connectivity index (χ0v) is 22.4. The molecule has 1 aliphatic rings. The molecule has 4 rings (SSSR count). The SMILES string of the molecule is CC(C)Oc1cc(N2CCCN(C)CC2)ccc1C(=O)Nc1ccc(F)cc1C(=O)Nc1ccc(Cl)cn1. The molecule has 3 aromatic rings. The van der Waals surface area contributed by atoms with Crippen molar-refractivity contribution < 1.29 is 18.7 Å². The van der Waals surface area contributed by atoms with Gasteiger partial charge in [0.25, 0.3) is 11.8 Å². The van der Waals surface area contributed by atoms with Crippen LogP contribution in [0.2, 0.25) is 5.02 Å². The van der Waals surface area contributed by atoms with Crippen molar-refractivity contribution in [3.05, 3.63) is 76.7 Å². The number of ether oxygens (including phenoxy) is 1. The highest BCUT2D eigenvalue weighted by Crippen LogP contribution is 2.29. The Labute approximate surface area is 226 Å². The number of halogens is 2. The minimum atomic E-state index is -0.630. The van der Waals surface area contributed by atoms with E-state index in [1.807, 2.05) is 26.0 Å². The maximum absolute atomic E-state index is 14.1. The number of hydrogen-bond donors (Lipinski definition) is 2. The first kappa shape index (κ1) is 27.3. The van der Waals surface area contributed by atoms with E-state index in [1.165, 1.54) is 24.4 Å². The third-order valence-corrected chi connectivity index (χ3v) is 6.32. The fraction of sp³-hybridized carbons (Fsp3) is 0.321. The van der Waals surface area contributed by atoms with Gasteiger partial charge >= 0.3 is 0 Å². The predicted octanol–water partition coefficient (Wildman–Crippen LogP) is 5.31. The van der Waals surface area contributed by atoms with E-state index in [0.29, 0.717) is 16.3 Å². The number of nitrogens with one attached hydrogen (secondary N) is 2. The van der Waals surface area contributed by atoms with Crippen LogP contribution in [0.25, 0.3) is 0 Å². The molecule has 2 aromatic carbocycles. The van der Waals surface area contributed by atoms with Gasteiger partial charge in [-0.1, -0.05) is 11.6 Å². The van der Waals surface area contributed by atoms with Crippen LogP contribution in [0.4, 0.5) is 21.6 Å². The van der Waals surface area contributed by atoms with Gasteiger partial charge in [0.05, 0.1) is 27.9 Å². The first-order valence-corrected chi connectivity index (χ1v) is 12.9. The average Bonchev–Trinajstić information content (AvgIpc) is 3.10. The molecule has 200 valence electrons. The molecule has 1 fully saturated rings. The van der Waals surface area contributed by atoms with Gasteiger partial charge in [-0.3, -0.25) is 9.59 Å². The molecule has 0 unspecified atom stereocenters. The lowest BCUT2D eigenvalue weighted by Gasteiger charge is -2.24. The number of anilines is 3. The number of aromatic nitrogens is 1. The molecule has 1 saturated heterocycles. The Morgan fingerprint density at radius 2 is 1.76 bits per heavy atom. The fourth-order valence-corrected chi connectivity index (χ4v) is 4.30. The van der Waals surface area contributed by atoms with Crippen molar-refractivity contribution in [3.8, 4) is 5.75 Å². The van der Waals surface area contributed by atoms with E-state index in [-0.39, 0.29) is 23.2 Å². The fourth-order valence-electron chi connectivity index (χ4n) is 4.19. The van der Waals surface area contributed by atoms with E-state index in [4.69, 9.17) is 16.3 Å². The molecule has 0 spiro atoms. The van der Waals surface area contributed by atoms with Crippen molar-refractivity contribution in [2.45, 2.75) is 26.4 Å². The maximum Gasteiger partial charge on any atom is 0.259 e. The van der Waals surface area contributed by atoms with E-state index in [9.17, 15) is 14.0 Å². The van der Waals surface area contributed by atoms with E-state index in [1.54, 1.807) is 12.1 Å². The van der Waals surface area contributed by atoms with Crippen molar-refractivity contribution in [2.75, 3.05) is 48.8 Å². The molecule has 0 radical (unpaired) electrons. The minimum absolute atomic E-state index is 0.0493. The largest absolute Gasteiger partial charge is 0.490 e. The van der Waals surface area contributed by atoms with Gasteiger partial charge < -0.3 is 25.2 Å². The zero-order chi connectivity index (χ0) is 27.2. The van der Waals surface area contributed by atoms with Crippen molar-refractivity contribution >= 4 is 40.6 Å². The summed E-state index contributed by atoms with van der Waals surface area (Å²) in [6.07, 6.45) is 2.26. The van der Waals surface area contributed by atoms with Crippen LogP contribution in [-0.4, -0.2) is 61.0 Å². The smallest absolute Gasteiger partial charge is 0.259 e. The number of benzene rings is 2. The molecule has 38 heavy (non-hydrogen) atoms. The lowest BCUT2D eigenvalue weighted by atomic mass is 10.1. The van der Waals surface area contributed by atoms with Gasteiger partial charge in [0, 0.05) is 37.6 Å². The molecule has 0 bridgehead atoms. The van der Waals surface area contributed by atoms with Crippen molar-refractivity contribution in [2.24, 2.45) is 0 Å². The predicted molar refractivity (Wildman–Crippen MR) is 148 cm³/mol. The normalized spacial score (nSPS) is 14.2. The van der Waals surface area contributed by atoms with Gasteiger partial charge in [-0.2, -0.15) is 0 Å². The summed E-state index contributed by atoms with van der Waals surface area (Å²) in [7, 11) is 2.11. The molecule has 0 saturated carbocycles. The van der Waals surface area contributed by atoms with Crippen LogP contribution < -0.4 is 20.3 Å². The standard InChI is InChI=1S/C28H31ClFN5O3/c1-18(2)38-25-16-21(35-12-4-11-34(3)13-14-35)7-8-22(25)27(36)32-24-9-6-20(30)15-23(24)28(37)33-26-10-5-19(29)17-31-26/h5-10,15-18H,4,11-14H2,1-3H3,(H,32,36)(H,31,33,37). The molecule has 0 atom stereocenters. The molecule has 2 amide bonds. The molecule has 10 heteroatoms. The maximum atomic E-state index is 14.1. The van der Waals surface area contributed by atoms with E-state index < -0.39 is 17.6 Å². The Hall–Kier alpha value is -3.69. The molecular weight excluding hydrogens is 509 g/mol. The number of hydrogen-bond acceptors (Lipinski definition) is 6. The Kier molecular flexibility index (Phi) is 8.81. The summed E-state index contributed by atoms with van der Waals surface area (Å²) < 4.78 is 20.1. The third-order valence-electron chi connectivity index (χ3n) is 6.10. The highest BCUT2D eigenvalue weighted by atomic mass is 35.5. The second-order valence-corrected chi connectivity index (χ2v) is 9.89. The summed E-state index contributed by atoms with van der Waals surface area (Å²) in [4.78, 5) is 34.9. The van der Waals surface area contributed by atoms with Crippen molar-refractivity contribution in [3.63, 3.8) is 0 Å². The number of pyridine rings is 1. The van der Waals surface area contributed by atoms with Crippen LogP contribution in [0.3, 0.4) is 0 Å². The van der Waals surface area contributed by atoms with E-state index in [2.05, 4.69) is 32.5 Å². The summed E-state index contributed by atoms with van der Waals surface area (Å²) in [5, 5.41) is 5.76. The lowest BCUT2D eigenvalue weighted by Crippen LogP contribution is -2.29. The molecule has 0 aliphatic carbocycles. The lowest BCUT2D eigenvalue weighted by molar-refractivity contribution is 0.102. The Bertz CT molecular complexity index is 1300. The van der Waals surface area contributed by atoms with Crippen LogP contribution in [0.5, 0.6) is 5.75 Å². The highest BCUT2D eigenvalue weighted by Gasteiger charge is 2.21. The highest BCUT2D eigenvalue weighted by molar-refractivity contribution is 6.30. The number of rotatable bonds is 7. The van der Waals surface area contributed by atoms with Gasteiger partial charge in [-0.15, -0.1) is 0 Å². The van der Waals surface area contributed by atoms with E-state index in [0.717, 1.165) is 44.4 Å². The second-order valence-electron chi connectivity index (χ2n) is 9.45. The number of nitrogens with zero attached hydrogens (tertiary/aromatic N) is 3. The Balaban J connectivity index is 1.58. The summed E-state index contributed by atoms with van der Waals surface area (Å²) in [5.41, 5.74) is 1.39. The minimum Gasteiger partial charge on any atom is -0.490 e. The third kappa shape index (κ3) is 6.99. The van der Waals surface area contributed by atoms with Gasteiger partial charge in [-0.05, 0) is 76.3 Å². The number of carbonyl (C=O) groups excluding carboxylic acids is 2. The quantitative estimate of drug-likeness (QED) is 0.423.